The lowest BCUT2D eigenvalue weighted by molar-refractivity contribution is 0.0997. The molecule has 0 aliphatic rings. The summed E-state index contributed by atoms with van der Waals surface area (Å²) >= 11 is 0. The third-order valence-electron chi connectivity index (χ3n) is 2.10. The molecule has 3 N–H and O–H groups in total. The normalized spacial score (nSPS) is 9.59. The Kier molecular flexibility index (Phi) is 2.79. The van der Waals surface area contributed by atoms with Crippen LogP contribution in [-0.2, 0) is 0 Å². The molecule has 0 saturated carbocycles. The minimum absolute atomic E-state index is 0.130. The van der Waals surface area contributed by atoms with E-state index < -0.39 is 5.91 Å². The van der Waals surface area contributed by atoms with E-state index in [1.165, 1.54) is 12.1 Å². The fourth-order valence-electron chi connectivity index (χ4n) is 1.33. The van der Waals surface area contributed by atoms with Gasteiger partial charge in [0.2, 0.25) is 0 Å². The first-order chi connectivity index (χ1) is 8.19. The van der Waals surface area contributed by atoms with Crippen LogP contribution in [0.2, 0.25) is 0 Å². The molecular formula is C12H9N3O2. The maximum Gasteiger partial charge on any atom is 0.291 e. The van der Waals surface area contributed by atoms with Gasteiger partial charge in [-0.15, -0.1) is 0 Å². The van der Waals surface area contributed by atoms with Crippen molar-refractivity contribution in [2.75, 3.05) is 11.1 Å². The van der Waals surface area contributed by atoms with Crippen molar-refractivity contribution in [1.82, 2.24) is 0 Å². The molecule has 2 aromatic rings. The molecule has 0 spiro atoms. The first-order valence-corrected chi connectivity index (χ1v) is 4.86. The highest BCUT2D eigenvalue weighted by atomic mass is 16.4. The Labute approximate surface area is 97.5 Å². The van der Waals surface area contributed by atoms with Crippen molar-refractivity contribution in [3.63, 3.8) is 0 Å². The molecule has 1 amide bonds. The number of nitrogen functional groups attached to an aromatic ring is 1. The van der Waals surface area contributed by atoms with Gasteiger partial charge in [0.05, 0.1) is 11.6 Å². The maximum absolute atomic E-state index is 11.7. The number of nitriles is 1. The first-order valence-electron chi connectivity index (χ1n) is 4.86. The number of nitrogens with one attached hydrogen (secondary N) is 1. The summed E-state index contributed by atoms with van der Waals surface area (Å²) in [6.45, 7) is 0. The summed E-state index contributed by atoms with van der Waals surface area (Å²) in [6.07, 6.45) is 0. The number of carbonyl (C=O) groups is 1. The van der Waals surface area contributed by atoms with Crippen molar-refractivity contribution in [3.05, 3.63) is 47.7 Å². The Hall–Kier alpha value is -2.74. The number of hydrogen-bond acceptors (Lipinski definition) is 4. The van der Waals surface area contributed by atoms with Gasteiger partial charge in [0.25, 0.3) is 5.91 Å². The van der Waals surface area contributed by atoms with Gasteiger partial charge in [0.15, 0.2) is 11.6 Å². The van der Waals surface area contributed by atoms with Crippen LogP contribution < -0.4 is 11.1 Å². The number of anilines is 2. The number of nitrogens with two attached hydrogens (primary N) is 1. The Morgan fingerprint density at radius 2 is 2.18 bits per heavy atom. The zero-order chi connectivity index (χ0) is 12.3. The second-order valence-corrected chi connectivity index (χ2v) is 3.35. The molecule has 1 heterocycles. The molecule has 0 aliphatic heterocycles. The van der Waals surface area contributed by atoms with Crippen LogP contribution in [0, 0.1) is 11.3 Å². The van der Waals surface area contributed by atoms with Gasteiger partial charge in [-0.3, -0.25) is 4.79 Å². The Bertz CT molecular complexity index is 596. The van der Waals surface area contributed by atoms with Crippen LogP contribution in [-0.4, -0.2) is 5.91 Å². The molecular weight excluding hydrogens is 218 g/mol. The summed E-state index contributed by atoms with van der Waals surface area (Å²) in [4.78, 5) is 11.7. The molecule has 5 nitrogen and oxygen atoms in total. The van der Waals surface area contributed by atoms with Gasteiger partial charge in [-0.25, -0.2) is 0 Å². The van der Waals surface area contributed by atoms with Gasteiger partial charge in [-0.05, 0) is 24.3 Å². The van der Waals surface area contributed by atoms with Crippen LogP contribution in [0.3, 0.4) is 0 Å². The van der Waals surface area contributed by atoms with E-state index in [4.69, 9.17) is 15.4 Å². The second-order valence-electron chi connectivity index (χ2n) is 3.35. The molecule has 0 saturated heterocycles. The number of furan rings is 1. The highest BCUT2D eigenvalue weighted by molar-refractivity contribution is 6.02. The van der Waals surface area contributed by atoms with Crippen LogP contribution >= 0.6 is 0 Å². The number of benzene rings is 1. The van der Waals surface area contributed by atoms with Crippen LogP contribution in [0.5, 0.6) is 0 Å². The maximum atomic E-state index is 11.7. The summed E-state index contributed by atoms with van der Waals surface area (Å²) in [6, 6.07) is 11.6. The van der Waals surface area contributed by atoms with Crippen LogP contribution in [0.1, 0.15) is 16.1 Å². The molecule has 0 atom stereocenters. The topological polar surface area (TPSA) is 92.0 Å². The van der Waals surface area contributed by atoms with Crippen LogP contribution in [0.25, 0.3) is 0 Å². The Morgan fingerprint density at radius 1 is 1.35 bits per heavy atom. The first kappa shape index (κ1) is 10.8. The Morgan fingerprint density at radius 3 is 2.82 bits per heavy atom. The summed E-state index contributed by atoms with van der Waals surface area (Å²) in [7, 11) is 0. The van der Waals surface area contributed by atoms with Gasteiger partial charge in [-0.1, -0.05) is 6.07 Å². The van der Waals surface area contributed by atoms with E-state index in [0.717, 1.165) is 0 Å². The fraction of sp³-hybridized carbons (Fsp3) is 0. The van der Waals surface area contributed by atoms with E-state index in [1.54, 1.807) is 24.3 Å². The average molecular weight is 227 g/mol. The number of amides is 1. The predicted octanol–water partition coefficient (Wildman–Crippen LogP) is 1.99. The zero-order valence-electron chi connectivity index (χ0n) is 8.81. The quantitative estimate of drug-likeness (QED) is 0.820. The molecule has 0 bridgehead atoms. The minimum Gasteiger partial charge on any atom is -0.436 e. The largest absolute Gasteiger partial charge is 0.436 e. The van der Waals surface area contributed by atoms with Gasteiger partial charge in [-0.2, -0.15) is 5.26 Å². The van der Waals surface area contributed by atoms with Gasteiger partial charge >= 0.3 is 0 Å². The van der Waals surface area contributed by atoms with Crippen molar-refractivity contribution < 1.29 is 9.21 Å². The number of carbonyl (C=O) groups excluding carboxylic acids is 1. The monoisotopic (exact) mass is 227 g/mol. The van der Waals surface area contributed by atoms with E-state index >= 15 is 0 Å². The van der Waals surface area contributed by atoms with Crippen molar-refractivity contribution >= 4 is 17.5 Å². The van der Waals surface area contributed by atoms with Crippen LogP contribution in [0.15, 0.2) is 40.8 Å². The van der Waals surface area contributed by atoms with Crippen molar-refractivity contribution in [3.8, 4) is 6.07 Å². The highest BCUT2D eigenvalue weighted by Crippen LogP contribution is 2.14. The molecule has 0 unspecified atom stereocenters. The molecule has 5 heteroatoms. The molecule has 0 aliphatic carbocycles. The third-order valence-corrected chi connectivity index (χ3v) is 2.10. The fourth-order valence-corrected chi connectivity index (χ4v) is 1.33. The molecule has 0 radical (unpaired) electrons. The van der Waals surface area contributed by atoms with E-state index in [0.29, 0.717) is 11.3 Å². The van der Waals surface area contributed by atoms with Crippen molar-refractivity contribution in [2.24, 2.45) is 0 Å². The SMILES string of the molecule is N#Cc1cccc(NC(=O)c2ccc(N)o2)c1. The molecule has 2 rings (SSSR count). The standard InChI is InChI=1S/C12H9N3O2/c13-7-8-2-1-3-9(6-8)15-12(16)10-4-5-11(14)17-10/h1-6H,14H2,(H,15,16). The second kappa shape index (κ2) is 4.41. The van der Waals surface area contributed by atoms with Crippen molar-refractivity contribution in [1.29, 1.82) is 5.26 Å². The van der Waals surface area contributed by atoms with Crippen LogP contribution in [0.4, 0.5) is 11.6 Å². The van der Waals surface area contributed by atoms with E-state index in [1.807, 2.05) is 6.07 Å². The van der Waals surface area contributed by atoms with E-state index in [2.05, 4.69) is 5.32 Å². The van der Waals surface area contributed by atoms with E-state index in [9.17, 15) is 4.79 Å². The number of nitrogens with zero attached hydrogens (tertiary/aromatic N) is 1. The average Bonchev–Trinajstić information content (AvgIpc) is 2.76. The molecule has 84 valence electrons. The molecule has 1 aromatic carbocycles. The van der Waals surface area contributed by atoms with Gasteiger partial charge in [0.1, 0.15) is 0 Å². The molecule has 17 heavy (non-hydrogen) atoms. The highest BCUT2D eigenvalue weighted by Gasteiger charge is 2.10. The summed E-state index contributed by atoms with van der Waals surface area (Å²) in [5.41, 5.74) is 6.37. The number of hydrogen-bond donors (Lipinski definition) is 2. The number of rotatable bonds is 2. The Balaban J connectivity index is 2.16. The smallest absolute Gasteiger partial charge is 0.291 e. The van der Waals surface area contributed by atoms with Gasteiger partial charge in [0, 0.05) is 11.8 Å². The molecule has 0 fully saturated rings. The lowest BCUT2D eigenvalue weighted by Gasteiger charge is -2.02. The minimum atomic E-state index is -0.406. The lowest BCUT2D eigenvalue weighted by Crippen LogP contribution is -2.10. The summed E-state index contributed by atoms with van der Waals surface area (Å²) in [5.74, 6) is -0.0948. The van der Waals surface area contributed by atoms with Crippen molar-refractivity contribution in [2.45, 2.75) is 0 Å². The van der Waals surface area contributed by atoms with E-state index in [-0.39, 0.29) is 11.6 Å². The predicted molar refractivity (Wildman–Crippen MR) is 62.2 cm³/mol. The zero-order valence-corrected chi connectivity index (χ0v) is 8.81. The summed E-state index contributed by atoms with van der Waals surface area (Å²) in [5, 5.41) is 11.3. The lowest BCUT2D eigenvalue weighted by atomic mass is 10.2. The summed E-state index contributed by atoms with van der Waals surface area (Å²) < 4.78 is 4.97. The molecule has 1 aromatic heterocycles. The third kappa shape index (κ3) is 2.44. The van der Waals surface area contributed by atoms with Gasteiger partial charge < -0.3 is 15.5 Å².